The Hall–Kier alpha value is -3.60. The van der Waals surface area contributed by atoms with Crippen LogP contribution in [0.5, 0.6) is 0 Å². The number of carboxylic acids is 6. The lowest BCUT2D eigenvalue weighted by Crippen LogP contribution is -2.21. The van der Waals surface area contributed by atoms with E-state index in [0.29, 0.717) is 19.6 Å². The summed E-state index contributed by atoms with van der Waals surface area (Å²) in [5.41, 5.74) is 15.0. The number of aliphatic carboxylic acids is 6. The second-order valence-corrected chi connectivity index (χ2v) is 4.97. The Morgan fingerprint density at radius 3 is 0.829 bits per heavy atom. The minimum Gasteiger partial charge on any atom is -0.481 e. The van der Waals surface area contributed by atoms with Crippen LogP contribution in [0.4, 0.5) is 0 Å². The highest BCUT2D eigenvalue weighted by Crippen LogP contribution is 1.55. The standard InChI is InChI=1S/C5H12N2.C2H8N2.6C2H4O2/c1-2-4-7-5-3-6;3-1-2-4;6*1-2(3)4/h2,7H,1,3-6H2;1-4H2;6*1H3,(H,3,4). The lowest BCUT2D eigenvalue weighted by Gasteiger charge is -1.93. The number of carboxylic acid groups (broad SMARTS) is 6. The fraction of sp³-hybridized carbons (Fsp3) is 0.579. The van der Waals surface area contributed by atoms with Crippen LogP contribution in [0.25, 0.3) is 0 Å². The Labute approximate surface area is 205 Å². The normalized spacial score (nSPS) is 6.89. The van der Waals surface area contributed by atoms with Gasteiger partial charge >= 0.3 is 0 Å². The van der Waals surface area contributed by atoms with Gasteiger partial charge in [0.05, 0.1) is 0 Å². The Morgan fingerprint density at radius 2 is 0.743 bits per heavy atom. The molecule has 0 aromatic rings. The average molecular weight is 521 g/mol. The maximum Gasteiger partial charge on any atom is 0.300 e. The largest absolute Gasteiger partial charge is 0.481 e. The number of hydrogen-bond donors (Lipinski definition) is 10. The molecule has 0 fully saturated rings. The molecule has 35 heavy (non-hydrogen) atoms. The van der Waals surface area contributed by atoms with Crippen molar-refractivity contribution in [2.75, 3.05) is 32.7 Å². The van der Waals surface area contributed by atoms with Crippen molar-refractivity contribution in [1.29, 1.82) is 0 Å². The Morgan fingerprint density at radius 1 is 0.571 bits per heavy atom. The summed E-state index contributed by atoms with van der Waals surface area (Å²) in [5, 5.41) is 47.5. The fourth-order valence-electron chi connectivity index (χ4n) is 0.306. The van der Waals surface area contributed by atoms with Crippen LogP contribution < -0.4 is 22.5 Å². The molecule has 0 aliphatic heterocycles. The van der Waals surface area contributed by atoms with Gasteiger partial charge < -0.3 is 53.2 Å². The molecule has 16 heteroatoms. The molecule has 0 unspecified atom stereocenters. The summed E-state index contributed by atoms with van der Waals surface area (Å²) in [6.45, 7) is 13.7. The van der Waals surface area contributed by atoms with Crippen LogP contribution in [-0.2, 0) is 28.8 Å². The van der Waals surface area contributed by atoms with Crippen molar-refractivity contribution in [2.45, 2.75) is 41.5 Å². The van der Waals surface area contributed by atoms with Gasteiger partial charge in [0, 0.05) is 74.3 Å². The highest BCUT2D eigenvalue weighted by Gasteiger charge is 1.73. The van der Waals surface area contributed by atoms with Gasteiger partial charge in [0.15, 0.2) is 0 Å². The van der Waals surface area contributed by atoms with E-state index in [2.05, 4.69) is 11.9 Å². The van der Waals surface area contributed by atoms with Gasteiger partial charge in [0.25, 0.3) is 35.8 Å². The first-order valence-corrected chi connectivity index (χ1v) is 9.31. The van der Waals surface area contributed by atoms with Crippen LogP contribution in [0.3, 0.4) is 0 Å². The van der Waals surface area contributed by atoms with E-state index in [0.717, 1.165) is 54.6 Å². The van der Waals surface area contributed by atoms with E-state index in [-0.39, 0.29) is 0 Å². The monoisotopic (exact) mass is 520 g/mol. The predicted molar refractivity (Wildman–Crippen MR) is 130 cm³/mol. The molecule has 0 aromatic carbocycles. The minimum atomic E-state index is -0.833. The van der Waals surface area contributed by atoms with Crippen molar-refractivity contribution in [2.24, 2.45) is 17.2 Å². The number of rotatable bonds is 5. The third-order valence-electron chi connectivity index (χ3n) is 0.776. The molecule has 0 amide bonds. The van der Waals surface area contributed by atoms with Crippen molar-refractivity contribution >= 4 is 35.8 Å². The van der Waals surface area contributed by atoms with Crippen molar-refractivity contribution in [3.05, 3.63) is 12.7 Å². The predicted octanol–water partition coefficient (Wildman–Crippen LogP) is -0.830. The van der Waals surface area contributed by atoms with E-state index < -0.39 is 35.8 Å². The molecular formula is C19H44N4O12. The second-order valence-electron chi connectivity index (χ2n) is 4.97. The molecule has 0 spiro atoms. The first-order chi connectivity index (χ1) is 15.7. The van der Waals surface area contributed by atoms with Gasteiger partial charge in [-0.1, -0.05) is 6.08 Å². The molecular weight excluding hydrogens is 476 g/mol. The second kappa shape index (κ2) is 57.4. The van der Waals surface area contributed by atoms with Crippen LogP contribution in [0, 0.1) is 0 Å². The number of carbonyl (C=O) groups is 6. The molecule has 13 N–H and O–H groups in total. The summed E-state index contributed by atoms with van der Waals surface area (Å²) >= 11 is 0. The lowest BCUT2D eigenvalue weighted by molar-refractivity contribution is -0.135. The SMILES string of the molecule is C=CCNCCN.CC(=O)O.CC(=O)O.CC(=O)O.CC(=O)O.CC(=O)O.CC(=O)O.NCCN. The van der Waals surface area contributed by atoms with Crippen molar-refractivity contribution in [3.63, 3.8) is 0 Å². The lowest BCUT2D eigenvalue weighted by atomic mass is 10.6. The number of nitrogens with one attached hydrogen (secondary N) is 1. The molecule has 16 nitrogen and oxygen atoms in total. The first-order valence-electron chi connectivity index (χ1n) is 9.31. The molecule has 0 aliphatic carbocycles. The third kappa shape index (κ3) is 12500. The molecule has 0 heterocycles. The van der Waals surface area contributed by atoms with Gasteiger partial charge in [-0.3, -0.25) is 28.8 Å². The fourth-order valence-corrected chi connectivity index (χ4v) is 0.306. The van der Waals surface area contributed by atoms with Gasteiger partial charge in [-0.25, -0.2) is 0 Å². The van der Waals surface area contributed by atoms with Crippen LogP contribution in [0.2, 0.25) is 0 Å². The van der Waals surface area contributed by atoms with Crippen LogP contribution >= 0.6 is 0 Å². The quantitative estimate of drug-likeness (QED) is 0.156. The summed E-state index contributed by atoms with van der Waals surface area (Å²) in [7, 11) is 0. The van der Waals surface area contributed by atoms with E-state index in [4.69, 9.17) is 76.6 Å². The van der Waals surface area contributed by atoms with E-state index in [1.54, 1.807) is 0 Å². The van der Waals surface area contributed by atoms with Gasteiger partial charge in [0.2, 0.25) is 0 Å². The summed E-state index contributed by atoms with van der Waals surface area (Å²) in [6, 6.07) is 0. The van der Waals surface area contributed by atoms with E-state index in [1.807, 2.05) is 6.08 Å². The van der Waals surface area contributed by atoms with E-state index in [9.17, 15) is 0 Å². The maximum atomic E-state index is 9.00. The Kier molecular flexibility index (Phi) is 86.9. The summed E-state index contributed by atoms with van der Waals surface area (Å²) in [4.78, 5) is 54.0. The van der Waals surface area contributed by atoms with Crippen LogP contribution in [-0.4, -0.2) is 99.2 Å². The first kappa shape index (κ1) is 53.0. The smallest absolute Gasteiger partial charge is 0.300 e. The Balaban J connectivity index is -0.0000000401. The zero-order chi connectivity index (χ0) is 30.4. The molecule has 0 bridgehead atoms. The molecule has 0 aliphatic rings. The average Bonchev–Trinajstić information content (AvgIpc) is 2.59. The van der Waals surface area contributed by atoms with Gasteiger partial charge in [0.1, 0.15) is 0 Å². The van der Waals surface area contributed by atoms with E-state index in [1.165, 1.54) is 0 Å². The molecule has 0 saturated heterocycles. The third-order valence-corrected chi connectivity index (χ3v) is 0.776. The van der Waals surface area contributed by atoms with Crippen molar-refractivity contribution < 1.29 is 59.4 Å². The molecule has 0 rings (SSSR count). The van der Waals surface area contributed by atoms with Gasteiger partial charge in [-0.15, -0.1) is 6.58 Å². The summed E-state index contributed by atoms with van der Waals surface area (Å²) in [6.07, 6.45) is 1.82. The molecule has 0 saturated carbocycles. The minimum absolute atomic E-state index is 0.597. The van der Waals surface area contributed by atoms with E-state index >= 15 is 0 Å². The number of hydrogen-bond acceptors (Lipinski definition) is 10. The highest BCUT2D eigenvalue weighted by atomic mass is 16.4. The summed E-state index contributed by atoms with van der Waals surface area (Å²) < 4.78 is 0. The Bertz CT molecular complexity index is 397. The van der Waals surface area contributed by atoms with Crippen LogP contribution in [0.1, 0.15) is 41.5 Å². The maximum absolute atomic E-state index is 9.00. The topological polar surface area (TPSA) is 314 Å². The zero-order valence-electron chi connectivity index (χ0n) is 21.2. The van der Waals surface area contributed by atoms with Gasteiger partial charge in [-0.2, -0.15) is 0 Å². The van der Waals surface area contributed by atoms with Gasteiger partial charge in [-0.05, 0) is 0 Å². The molecule has 0 radical (unpaired) electrons. The van der Waals surface area contributed by atoms with Crippen LogP contribution in [0.15, 0.2) is 12.7 Å². The molecule has 212 valence electrons. The van der Waals surface area contributed by atoms with Crippen molar-refractivity contribution in [3.8, 4) is 0 Å². The molecule has 0 aromatic heterocycles. The number of nitrogens with two attached hydrogens (primary N) is 3. The molecule has 0 atom stereocenters. The van der Waals surface area contributed by atoms with Crippen molar-refractivity contribution in [1.82, 2.24) is 5.32 Å². The summed E-state index contributed by atoms with van der Waals surface area (Å²) in [5.74, 6) is -5.00. The highest BCUT2D eigenvalue weighted by molar-refractivity contribution is 5.64. The zero-order valence-corrected chi connectivity index (χ0v) is 21.2.